The molecule has 226 valence electrons. The molecule has 8 rings (SSSR count). The maximum Gasteiger partial charge on any atom is 0.274 e. The lowest BCUT2D eigenvalue weighted by atomic mass is 9.49. The number of carbonyl (C=O) groups is 1. The van der Waals surface area contributed by atoms with Crippen molar-refractivity contribution in [2.24, 2.45) is 23.2 Å². The van der Waals surface area contributed by atoms with Gasteiger partial charge in [-0.15, -0.1) is 10.2 Å². The van der Waals surface area contributed by atoms with Crippen molar-refractivity contribution in [3.63, 3.8) is 0 Å². The molecule has 43 heavy (non-hydrogen) atoms. The second-order valence-electron chi connectivity index (χ2n) is 13.6. The van der Waals surface area contributed by atoms with Gasteiger partial charge in [-0.1, -0.05) is 12.1 Å². The lowest BCUT2D eigenvalue weighted by Gasteiger charge is -2.57. The van der Waals surface area contributed by atoms with Gasteiger partial charge in [0.15, 0.2) is 11.5 Å². The Bertz CT molecular complexity index is 1430. The summed E-state index contributed by atoms with van der Waals surface area (Å²) in [4.78, 5) is 24.0. The molecule has 9 heteroatoms. The fourth-order valence-electron chi connectivity index (χ4n) is 8.88. The Kier molecular flexibility index (Phi) is 7.45. The number of pyridine rings is 1. The van der Waals surface area contributed by atoms with Crippen LogP contribution < -0.4 is 9.64 Å². The van der Waals surface area contributed by atoms with Crippen molar-refractivity contribution >= 4 is 11.7 Å². The summed E-state index contributed by atoms with van der Waals surface area (Å²) in [6, 6.07) is 11.6. The molecule has 1 saturated heterocycles. The van der Waals surface area contributed by atoms with Crippen molar-refractivity contribution in [1.82, 2.24) is 25.0 Å². The topological polar surface area (TPSA) is 94.9 Å². The molecule has 2 aromatic heterocycles. The van der Waals surface area contributed by atoms with Gasteiger partial charge in [-0.3, -0.25) is 14.7 Å². The first-order chi connectivity index (χ1) is 20.9. The van der Waals surface area contributed by atoms with E-state index >= 15 is 0 Å². The molecule has 4 bridgehead atoms. The number of aromatic nitrogens is 3. The summed E-state index contributed by atoms with van der Waals surface area (Å²) in [6.45, 7) is 5.08. The van der Waals surface area contributed by atoms with Crippen molar-refractivity contribution in [2.75, 3.05) is 51.8 Å². The summed E-state index contributed by atoms with van der Waals surface area (Å²) in [6.07, 6.45) is 11.3. The second-order valence-corrected chi connectivity index (χ2v) is 13.6. The minimum absolute atomic E-state index is 0.0140. The number of rotatable bonds is 8. The van der Waals surface area contributed by atoms with Crippen molar-refractivity contribution < 1.29 is 14.6 Å². The number of hydrogen-bond acceptors (Lipinski definition) is 8. The zero-order valence-corrected chi connectivity index (χ0v) is 25.3. The molecule has 1 N–H and O–H groups in total. The zero-order chi connectivity index (χ0) is 29.6. The fourth-order valence-corrected chi connectivity index (χ4v) is 8.88. The number of methoxy groups -OCH3 is 1. The van der Waals surface area contributed by atoms with Crippen molar-refractivity contribution in [2.45, 2.75) is 45.1 Å². The van der Waals surface area contributed by atoms with Crippen LogP contribution in [0.4, 0.5) is 5.82 Å². The van der Waals surface area contributed by atoms with Crippen LogP contribution in [0.3, 0.4) is 0 Å². The van der Waals surface area contributed by atoms with Crippen LogP contribution in [-0.4, -0.2) is 82.9 Å². The highest BCUT2D eigenvalue weighted by Gasteiger charge is 2.51. The lowest BCUT2D eigenvalue weighted by Crippen LogP contribution is -2.51. The van der Waals surface area contributed by atoms with Crippen LogP contribution >= 0.6 is 0 Å². The number of ether oxygens (including phenoxy) is 1. The maximum absolute atomic E-state index is 13.3. The van der Waals surface area contributed by atoms with Gasteiger partial charge in [0.1, 0.15) is 11.5 Å². The van der Waals surface area contributed by atoms with E-state index in [0.717, 1.165) is 85.3 Å². The predicted molar refractivity (Wildman–Crippen MR) is 165 cm³/mol. The van der Waals surface area contributed by atoms with E-state index in [-0.39, 0.29) is 11.7 Å². The third kappa shape index (κ3) is 5.79. The fraction of sp³-hybridized carbons (Fsp3) is 0.529. The SMILES string of the molecule is COc1cc(-c2cncc(O)c2)ccc1CN1CCN(c2ccc(C(=O)N(C)CC34CC5CC(CC(C5)C3)C4)nn2)CC1. The number of anilines is 1. The van der Waals surface area contributed by atoms with Gasteiger partial charge < -0.3 is 19.6 Å². The van der Waals surface area contributed by atoms with Crippen molar-refractivity contribution in [3.8, 4) is 22.6 Å². The van der Waals surface area contributed by atoms with Gasteiger partial charge in [0.25, 0.3) is 5.91 Å². The van der Waals surface area contributed by atoms with E-state index in [2.05, 4.69) is 31.0 Å². The van der Waals surface area contributed by atoms with E-state index in [4.69, 9.17) is 4.74 Å². The van der Waals surface area contributed by atoms with Crippen molar-refractivity contribution in [3.05, 3.63) is 60.0 Å². The minimum atomic E-state index is -0.0140. The quantitative estimate of drug-likeness (QED) is 0.402. The van der Waals surface area contributed by atoms with Gasteiger partial charge in [-0.25, -0.2) is 0 Å². The number of carbonyl (C=O) groups excluding carboxylic acids is 1. The molecule has 4 aliphatic carbocycles. The average molecular weight is 583 g/mol. The Morgan fingerprint density at radius 1 is 0.953 bits per heavy atom. The monoisotopic (exact) mass is 582 g/mol. The van der Waals surface area contributed by atoms with Gasteiger partial charge in [-0.05, 0) is 91.5 Å². The van der Waals surface area contributed by atoms with E-state index in [9.17, 15) is 9.90 Å². The van der Waals surface area contributed by atoms with E-state index in [0.29, 0.717) is 11.1 Å². The third-order valence-corrected chi connectivity index (χ3v) is 10.4. The summed E-state index contributed by atoms with van der Waals surface area (Å²) in [5, 5.41) is 18.7. The molecular weight excluding hydrogens is 540 g/mol. The summed E-state index contributed by atoms with van der Waals surface area (Å²) in [5.41, 5.74) is 3.68. The van der Waals surface area contributed by atoms with E-state index in [1.54, 1.807) is 19.4 Å². The molecule has 3 aromatic rings. The predicted octanol–water partition coefficient (Wildman–Crippen LogP) is 4.86. The summed E-state index contributed by atoms with van der Waals surface area (Å²) in [5.74, 6) is 4.41. The van der Waals surface area contributed by atoms with Crippen LogP contribution in [0.5, 0.6) is 11.5 Å². The number of nitrogens with zero attached hydrogens (tertiary/aromatic N) is 6. The molecule has 1 aliphatic heterocycles. The molecule has 9 nitrogen and oxygen atoms in total. The first-order valence-corrected chi connectivity index (χ1v) is 15.7. The Balaban J connectivity index is 0.933. The molecule has 0 spiro atoms. The number of aromatic hydroxyl groups is 1. The largest absolute Gasteiger partial charge is 0.506 e. The smallest absolute Gasteiger partial charge is 0.274 e. The van der Waals surface area contributed by atoms with Crippen LogP contribution in [-0.2, 0) is 6.54 Å². The van der Waals surface area contributed by atoms with Crippen LogP contribution in [0.15, 0.2) is 48.8 Å². The van der Waals surface area contributed by atoms with Gasteiger partial charge in [-0.2, -0.15) is 0 Å². The van der Waals surface area contributed by atoms with Crippen LogP contribution in [0.25, 0.3) is 11.1 Å². The zero-order valence-electron chi connectivity index (χ0n) is 25.3. The summed E-state index contributed by atoms with van der Waals surface area (Å²) in [7, 11) is 3.64. The Hall–Kier alpha value is -3.72. The average Bonchev–Trinajstić information content (AvgIpc) is 3.00. The molecule has 1 amide bonds. The van der Waals surface area contributed by atoms with Gasteiger partial charge in [0, 0.05) is 63.6 Å². The highest BCUT2D eigenvalue weighted by Crippen LogP contribution is 2.60. The molecule has 5 aliphatic rings. The van der Waals surface area contributed by atoms with Crippen LogP contribution in [0, 0.1) is 23.2 Å². The highest BCUT2D eigenvalue weighted by molar-refractivity contribution is 5.92. The number of piperazine rings is 1. The second kappa shape index (κ2) is 11.4. The van der Waals surface area contributed by atoms with E-state index in [1.807, 2.05) is 36.2 Å². The summed E-state index contributed by atoms with van der Waals surface area (Å²) >= 11 is 0. The Labute approximate surface area is 253 Å². The normalized spacial score (nSPS) is 26.5. The van der Waals surface area contributed by atoms with Crippen molar-refractivity contribution in [1.29, 1.82) is 0 Å². The molecule has 0 radical (unpaired) electrons. The van der Waals surface area contributed by atoms with E-state index in [1.165, 1.54) is 44.7 Å². The van der Waals surface area contributed by atoms with E-state index < -0.39 is 0 Å². The Morgan fingerprint density at radius 2 is 1.67 bits per heavy atom. The Morgan fingerprint density at radius 3 is 2.30 bits per heavy atom. The molecule has 3 heterocycles. The minimum Gasteiger partial charge on any atom is -0.506 e. The first kappa shape index (κ1) is 28.1. The molecule has 4 saturated carbocycles. The highest BCUT2D eigenvalue weighted by atomic mass is 16.5. The number of amides is 1. The van der Waals surface area contributed by atoms with Gasteiger partial charge >= 0.3 is 0 Å². The molecule has 5 fully saturated rings. The standard InChI is InChI=1S/C34H42N6O3/c1-38(22-34-16-23-11-24(17-34)13-25(12-23)18-34)33(42)30-5-6-32(37-36-30)40-9-7-39(8-10-40)21-27-4-3-26(15-31(27)43-2)28-14-29(41)20-35-19-28/h3-6,14-15,19-20,23-25,41H,7-13,16-18,21-22H2,1-2H3. The van der Waals surface area contributed by atoms with Crippen LogP contribution in [0.2, 0.25) is 0 Å². The first-order valence-electron chi connectivity index (χ1n) is 15.7. The molecule has 0 atom stereocenters. The molecule has 0 unspecified atom stereocenters. The molecular formula is C34H42N6O3. The van der Waals surface area contributed by atoms with Gasteiger partial charge in [0.2, 0.25) is 0 Å². The number of benzene rings is 1. The lowest BCUT2D eigenvalue weighted by molar-refractivity contribution is -0.0629. The summed E-state index contributed by atoms with van der Waals surface area (Å²) < 4.78 is 5.72. The number of hydrogen-bond donors (Lipinski definition) is 1. The molecule has 1 aromatic carbocycles. The maximum atomic E-state index is 13.3. The van der Waals surface area contributed by atoms with Gasteiger partial charge in [0.05, 0.1) is 13.3 Å². The third-order valence-electron chi connectivity index (χ3n) is 10.4. The van der Waals surface area contributed by atoms with Crippen LogP contribution in [0.1, 0.15) is 54.6 Å².